The normalized spacial score (nSPS) is 11.9. The van der Waals surface area contributed by atoms with Crippen LogP contribution in [-0.4, -0.2) is 28.4 Å². The maximum absolute atomic E-state index is 11.1. The largest absolute Gasteiger partial charge is 0.480 e. The van der Waals surface area contributed by atoms with Crippen molar-refractivity contribution < 1.29 is 14.7 Å². The van der Waals surface area contributed by atoms with Crippen molar-refractivity contribution in [3.63, 3.8) is 0 Å². The molecule has 0 fully saturated rings. The maximum Gasteiger partial charge on any atom is 0.320 e. The number of nitrogens with two attached hydrogens (primary N) is 1. The third-order valence-corrected chi connectivity index (χ3v) is 2.61. The van der Waals surface area contributed by atoms with E-state index in [-0.39, 0.29) is 17.7 Å². The van der Waals surface area contributed by atoms with Crippen molar-refractivity contribution in [1.29, 1.82) is 0 Å². The minimum atomic E-state index is -1.04. The molecule has 0 bridgehead atoms. The molecule has 1 aromatic carbocycles. The van der Waals surface area contributed by atoms with Crippen LogP contribution in [0.25, 0.3) is 0 Å². The van der Waals surface area contributed by atoms with E-state index >= 15 is 0 Å². The molecular formula is C11H13BrN2O3. The van der Waals surface area contributed by atoms with E-state index in [0.717, 1.165) is 5.56 Å². The molecule has 0 aromatic heterocycles. The van der Waals surface area contributed by atoms with Gasteiger partial charge in [0.25, 0.3) is 0 Å². The number of alkyl halides is 1. The van der Waals surface area contributed by atoms with Crippen LogP contribution >= 0.6 is 15.9 Å². The Bertz CT molecular complexity index is 423. The molecule has 0 saturated heterocycles. The molecule has 5 nitrogen and oxygen atoms in total. The first kappa shape index (κ1) is 13.7. The van der Waals surface area contributed by atoms with E-state index in [4.69, 9.17) is 10.8 Å². The fraction of sp³-hybridized carbons (Fsp3) is 0.273. The van der Waals surface area contributed by atoms with Crippen LogP contribution in [0.15, 0.2) is 24.3 Å². The van der Waals surface area contributed by atoms with E-state index in [2.05, 4.69) is 21.2 Å². The Balaban J connectivity index is 2.72. The van der Waals surface area contributed by atoms with Crippen molar-refractivity contribution in [2.75, 3.05) is 10.6 Å². The highest BCUT2D eigenvalue weighted by atomic mass is 79.9. The summed E-state index contributed by atoms with van der Waals surface area (Å²) in [4.78, 5) is 21.8. The second kappa shape index (κ2) is 6.36. The molecule has 0 aliphatic heterocycles. The number of aliphatic carboxylic acids is 1. The number of hydrogen-bond donors (Lipinski definition) is 3. The minimum Gasteiger partial charge on any atom is -0.480 e. The summed E-state index contributed by atoms with van der Waals surface area (Å²) in [6.45, 7) is 0. The van der Waals surface area contributed by atoms with Gasteiger partial charge in [-0.15, -0.1) is 0 Å². The lowest BCUT2D eigenvalue weighted by atomic mass is 10.1. The molecule has 0 spiro atoms. The molecule has 0 heterocycles. The van der Waals surface area contributed by atoms with Crippen molar-refractivity contribution in [1.82, 2.24) is 0 Å². The zero-order chi connectivity index (χ0) is 12.8. The molecule has 1 aromatic rings. The van der Waals surface area contributed by atoms with E-state index in [0.29, 0.717) is 5.69 Å². The lowest BCUT2D eigenvalue weighted by molar-refractivity contribution is -0.138. The first-order chi connectivity index (χ1) is 8.02. The van der Waals surface area contributed by atoms with E-state index in [1.807, 2.05) is 0 Å². The highest BCUT2D eigenvalue weighted by Gasteiger charge is 2.12. The predicted molar refractivity (Wildman–Crippen MR) is 68.2 cm³/mol. The van der Waals surface area contributed by atoms with Gasteiger partial charge in [0, 0.05) is 5.69 Å². The molecule has 0 aliphatic carbocycles. The van der Waals surface area contributed by atoms with Crippen molar-refractivity contribution in [2.24, 2.45) is 5.73 Å². The third-order valence-electron chi connectivity index (χ3n) is 2.10. The zero-order valence-corrected chi connectivity index (χ0v) is 10.6. The molecule has 92 valence electrons. The summed E-state index contributed by atoms with van der Waals surface area (Å²) in [5.41, 5.74) is 6.83. The van der Waals surface area contributed by atoms with Gasteiger partial charge < -0.3 is 16.2 Å². The average molecular weight is 301 g/mol. The molecule has 0 saturated carbocycles. The molecular weight excluding hydrogens is 288 g/mol. The summed E-state index contributed by atoms with van der Waals surface area (Å²) < 4.78 is 0. The predicted octanol–water partition coefficient (Wildman–Crippen LogP) is 0.974. The van der Waals surface area contributed by atoms with Gasteiger partial charge in [-0.1, -0.05) is 28.1 Å². The topological polar surface area (TPSA) is 92.4 Å². The van der Waals surface area contributed by atoms with Gasteiger partial charge in [-0.2, -0.15) is 0 Å². The second-order valence-electron chi connectivity index (χ2n) is 3.53. The summed E-state index contributed by atoms with van der Waals surface area (Å²) in [5.74, 6) is -1.20. The Morgan fingerprint density at radius 2 is 2.18 bits per heavy atom. The number of carbonyl (C=O) groups is 2. The lowest BCUT2D eigenvalue weighted by Crippen LogP contribution is -2.32. The van der Waals surface area contributed by atoms with Crippen molar-refractivity contribution >= 4 is 33.5 Å². The summed E-state index contributed by atoms with van der Waals surface area (Å²) in [7, 11) is 0. The van der Waals surface area contributed by atoms with Crippen molar-refractivity contribution in [3.05, 3.63) is 29.8 Å². The van der Waals surface area contributed by atoms with Crippen molar-refractivity contribution in [3.8, 4) is 0 Å². The number of anilines is 1. The smallest absolute Gasteiger partial charge is 0.320 e. The maximum atomic E-state index is 11.1. The van der Waals surface area contributed by atoms with Crippen molar-refractivity contribution in [2.45, 2.75) is 12.5 Å². The summed E-state index contributed by atoms with van der Waals surface area (Å²) >= 11 is 3.04. The van der Waals surface area contributed by atoms with Crippen LogP contribution in [0.3, 0.4) is 0 Å². The molecule has 1 unspecified atom stereocenters. The number of nitrogens with one attached hydrogen (secondary N) is 1. The Morgan fingerprint density at radius 3 is 2.76 bits per heavy atom. The number of carbonyl (C=O) groups excluding carboxylic acids is 1. The lowest BCUT2D eigenvalue weighted by Gasteiger charge is -2.08. The molecule has 1 amide bonds. The molecule has 1 rings (SSSR count). The zero-order valence-electron chi connectivity index (χ0n) is 9.02. The van der Waals surface area contributed by atoms with Crippen LogP contribution in [0.5, 0.6) is 0 Å². The second-order valence-corrected chi connectivity index (χ2v) is 4.09. The summed E-state index contributed by atoms with van der Waals surface area (Å²) in [6, 6.07) is 6.03. The highest BCUT2D eigenvalue weighted by Crippen LogP contribution is 2.12. The van der Waals surface area contributed by atoms with Crippen LogP contribution in [0.2, 0.25) is 0 Å². The third kappa shape index (κ3) is 4.54. The van der Waals surface area contributed by atoms with E-state index in [9.17, 15) is 9.59 Å². The van der Waals surface area contributed by atoms with E-state index in [1.54, 1.807) is 24.3 Å². The Hall–Kier alpha value is -1.40. The Morgan fingerprint density at radius 1 is 1.47 bits per heavy atom. The minimum absolute atomic E-state index is 0.162. The molecule has 1 atom stereocenters. The van der Waals surface area contributed by atoms with Crippen LogP contribution in [-0.2, 0) is 16.0 Å². The number of halogens is 1. The number of hydrogen-bond acceptors (Lipinski definition) is 3. The number of rotatable bonds is 5. The van der Waals surface area contributed by atoms with Gasteiger partial charge in [0.2, 0.25) is 5.91 Å². The quantitative estimate of drug-likeness (QED) is 0.707. The number of carboxylic acids is 1. The Kier molecular flexibility index (Phi) is 5.11. The number of carboxylic acid groups (broad SMARTS) is 1. The van der Waals surface area contributed by atoms with Gasteiger partial charge in [-0.3, -0.25) is 9.59 Å². The van der Waals surface area contributed by atoms with E-state index < -0.39 is 12.0 Å². The fourth-order valence-corrected chi connectivity index (χ4v) is 1.45. The van der Waals surface area contributed by atoms with Gasteiger partial charge in [0.05, 0.1) is 5.33 Å². The first-order valence-electron chi connectivity index (χ1n) is 4.96. The molecule has 4 N–H and O–H groups in total. The number of benzene rings is 1. The highest BCUT2D eigenvalue weighted by molar-refractivity contribution is 9.09. The van der Waals surface area contributed by atoms with Gasteiger partial charge in [-0.25, -0.2) is 0 Å². The standard InChI is InChI=1S/C11H13BrN2O3/c12-6-10(15)14-8-3-1-2-7(4-8)5-9(13)11(16)17/h1-4,9H,5-6,13H2,(H,14,15)(H,16,17). The van der Waals surface area contributed by atoms with E-state index in [1.165, 1.54) is 0 Å². The van der Waals surface area contributed by atoms with Gasteiger partial charge in [-0.05, 0) is 24.1 Å². The van der Waals surface area contributed by atoms with Gasteiger partial charge in [0.1, 0.15) is 6.04 Å². The van der Waals surface area contributed by atoms with Crippen LogP contribution in [0.4, 0.5) is 5.69 Å². The monoisotopic (exact) mass is 300 g/mol. The molecule has 17 heavy (non-hydrogen) atoms. The molecule has 0 radical (unpaired) electrons. The average Bonchev–Trinajstić information content (AvgIpc) is 2.29. The SMILES string of the molecule is NC(Cc1cccc(NC(=O)CBr)c1)C(=O)O. The molecule has 6 heteroatoms. The van der Waals surface area contributed by atoms with Crippen LogP contribution < -0.4 is 11.1 Å². The van der Waals surface area contributed by atoms with Crippen LogP contribution in [0, 0.1) is 0 Å². The van der Waals surface area contributed by atoms with Gasteiger partial charge in [0.15, 0.2) is 0 Å². The summed E-state index contributed by atoms with van der Waals surface area (Å²) in [5, 5.41) is 11.6. The fourth-order valence-electron chi connectivity index (χ4n) is 1.31. The summed E-state index contributed by atoms with van der Waals surface area (Å²) in [6.07, 6.45) is 0.230. The van der Waals surface area contributed by atoms with Crippen LogP contribution in [0.1, 0.15) is 5.56 Å². The Labute approximate surface area is 107 Å². The number of amides is 1. The molecule has 0 aliphatic rings. The first-order valence-corrected chi connectivity index (χ1v) is 6.08. The van der Waals surface area contributed by atoms with Gasteiger partial charge >= 0.3 is 5.97 Å².